The van der Waals surface area contributed by atoms with Gasteiger partial charge in [0, 0.05) is 17.1 Å². The van der Waals surface area contributed by atoms with Crippen molar-refractivity contribution >= 4 is 11.6 Å². The largest absolute Gasteiger partial charge is 0.303 e. The normalized spacial score (nSPS) is 22.8. The molecule has 1 aromatic carbocycles. The molecule has 1 aliphatic carbocycles. The molecule has 1 N–H and O–H groups in total. The third kappa shape index (κ3) is 0.732. The van der Waals surface area contributed by atoms with Gasteiger partial charge in [-0.2, -0.15) is 0 Å². The molecule has 0 amide bonds. The van der Waals surface area contributed by atoms with E-state index in [0.29, 0.717) is 5.54 Å². The van der Waals surface area contributed by atoms with Crippen LogP contribution >= 0.6 is 11.6 Å². The summed E-state index contributed by atoms with van der Waals surface area (Å²) >= 11 is 6.08. The SMILES string of the molecule is Clc1cccc2c1CNC21CC1. The lowest BCUT2D eigenvalue weighted by Crippen LogP contribution is -2.19. The second kappa shape index (κ2) is 2.04. The fourth-order valence-electron chi connectivity index (χ4n) is 2.11. The fraction of sp³-hybridized carbons (Fsp3) is 0.400. The van der Waals surface area contributed by atoms with E-state index in [1.807, 2.05) is 12.1 Å². The standard InChI is InChI=1S/C10H10ClN/c11-9-3-1-2-8-7(9)6-12-10(8)4-5-10/h1-3,12H,4-6H2. The molecule has 1 heterocycles. The van der Waals surface area contributed by atoms with Gasteiger partial charge in [-0.05, 0) is 30.0 Å². The van der Waals surface area contributed by atoms with Crippen molar-refractivity contribution in [1.29, 1.82) is 0 Å². The zero-order valence-electron chi connectivity index (χ0n) is 6.73. The summed E-state index contributed by atoms with van der Waals surface area (Å²) in [6.45, 7) is 0.953. The van der Waals surface area contributed by atoms with Crippen LogP contribution in [0.2, 0.25) is 5.02 Å². The second-order valence-corrected chi connectivity index (χ2v) is 4.11. The Labute approximate surface area is 76.7 Å². The average molecular weight is 180 g/mol. The summed E-state index contributed by atoms with van der Waals surface area (Å²) in [6, 6.07) is 6.23. The van der Waals surface area contributed by atoms with Gasteiger partial charge in [0.2, 0.25) is 0 Å². The number of fused-ring (bicyclic) bond motifs is 2. The van der Waals surface area contributed by atoms with Gasteiger partial charge in [-0.15, -0.1) is 0 Å². The van der Waals surface area contributed by atoms with E-state index < -0.39 is 0 Å². The summed E-state index contributed by atoms with van der Waals surface area (Å²) in [5.74, 6) is 0. The highest BCUT2D eigenvalue weighted by Crippen LogP contribution is 2.51. The minimum Gasteiger partial charge on any atom is -0.303 e. The predicted molar refractivity (Wildman–Crippen MR) is 49.2 cm³/mol. The van der Waals surface area contributed by atoms with Gasteiger partial charge in [0.1, 0.15) is 0 Å². The van der Waals surface area contributed by atoms with Gasteiger partial charge in [-0.3, -0.25) is 0 Å². The molecule has 1 aromatic rings. The third-order valence-electron chi connectivity index (χ3n) is 2.99. The lowest BCUT2D eigenvalue weighted by molar-refractivity contribution is 0.574. The van der Waals surface area contributed by atoms with Gasteiger partial charge in [-0.25, -0.2) is 0 Å². The molecule has 1 spiro atoms. The Hall–Kier alpha value is -0.530. The number of benzene rings is 1. The van der Waals surface area contributed by atoms with E-state index in [1.165, 1.54) is 24.0 Å². The van der Waals surface area contributed by atoms with Gasteiger partial charge in [0.05, 0.1) is 0 Å². The number of hydrogen-bond donors (Lipinski definition) is 1. The van der Waals surface area contributed by atoms with Gasteiger partial charge < -0.3 is 5.32 Å². The van der Waals surface area contributed by atoms with Crippen molar-refractivity contribution in [2.75, 3.05) is 0 Å². The molecule has 2 heteroatoms. The lowest BCUT2D eigenvalue weighted by Gasteiger charge is -2.07. The van der Waals surface area contributed by atoms with Crippen LogP contribution in [0, 0.1) is 0 Å². The fourth-order valence-corrected chi connectivity index (χ4v) is 2.35. The Bertz CT molecular complexity index is 342. The van der Waals surface area contributed by atoms with E-state index >= 15 is 0 Å². The molecule has 1 fully saturated rings. The van der Waals surface area contributed by atoms with Crippen LogP contribution in [-0.4, -0.2) is 0 Å². The molecule has 1 saturated carbocycles. The topological polar surface area (TPSA) is 12.0 Å². The first-order valence-corrected chi connectivity index (χ1v) is 4.73. The first-order valence-electron chi connectivity index (χ1n) is 4.35. The number of halogens is 1. The van der Waals surface area contributed by atoms with E-state index in [-0.39, 0.29) is 0 Å². The minimum absolute atomic E-state index is 0.334. The lowest BCUT2D eigenvalue weighted by atomic mass is 10.0. The molecule has 0 bridgehead atoms. The summed E-state index contributed by atoms with van der Waals surface area (Å²) in [6.07, 6.45) is 2.56. The van der Waals surface area contributed by atoms with Gasteiger partial charge in [-0.1, -0.05) is 23.7 Å². The Morgan fingerprint density at radius 3 is 2.92 bits per heavy atom. The smallest absolute Gasteiger partial charge is 0.0454 e. The van der Waals surface area contributed by atoms with Crippen LogP contribution in [0.1, 0.15) is 24.0 Å². The summed E-state index contributed by atoms with van der Waals surface area (Å²) in [4.78, 5) is 0. The first-order chi connectivity index (χ1) is 5.82. The van der Waals surface area contributed by atoms with Crippen LogP contribution in [0.25, 0.3) is 0 Å². The molecular formula is C10H10ClN. The summed E-state index contributed by atoms with van der Waals surface area (Å²) in [5.41, 5.74) is 3.09. The summed E-state index contributed by atoms with van der Waals surface area (Å²) in [7, 11) is 0. The molecule has 3 rings (SSSR count). The first kappa shape index (κ1) is 6.93. The van der Waals surface area contributed by atoms with Crippen molar-refractivity contribution < 1.29 is 0 Å². The van der Waals surface area contributed by atoms with Crippen molar-refractivity contribution in [3.63, 3.8) is 0 Å². The predicted octanol–water partition coefficient (Wildman–Crippen LogP) is 2.43. The minimum atomic E-state index is 0.334. The summed E-state index contributed by atoms with van der Waals surface area (Å²) in [5, 5.41) is 4.45. The van der Waals surface area contributed by atoms with E-state index in [4.69, 9.17) is 11.6 Å². The van der Waals surface area contributed by atoms with Gasteiger partial charge in [0.15, 0.2) is 0 Å². The van der Waals surface area contributed by atoms with E-state index in [9.17, 15) is 0 Å². The highest BCUT2D eigenvalue weighted by atomic mass is 35.5. The van der Waals surface area contributed by atoms with E-state index in [0.717, 1.165) is 11.6 Å². The Morgan fingerprint density at radius 1 is 1.33 bits per heavy atom. The van der Waals surface area contributed by atoms with E-state index in [2.05, 4.69) is 11.4 Å². The van der Waals surface area contributed by atoms with E-state index in [1.54, 1.807) is 0 Å². The molecule has 2 aliphatic rings. The Kier molecular flexibility index (Phi) is 1.18. The molecule has 0 radical (unpaired) electrons. The maximum absolute atomic E-state index is 6.08. The monoisotopic (exact) mass is 179 g/mol. The highest BCUT2D eigenvalue weighted by Gasteiger charge is 2.48. The highest BCUT2D eigenvalue weighted by molar-refractivity contribution is 6.31. The maximum atomic E-state index is 6.08. The van der Waals surface area contributed by atoms with Crippen LogP contribution in [0.5, 0.6) is 0 Å². The van der Waals surface area contributed by atoms with Crippen molar-refractivity contribution in [2.45, 2.75) is 24.9 Å². The second-order valence-electron chi connectivity index (χ2n) is 3.70. The molecule has 0 saturated heterocycles. The van der Waals surface area contributed by atoms with Crippen LogP contribution in [0.3, 0.4) is 0 Å². The average Bonchev–Trinajstić information content (AvgIpc) is 2.73. The molecule has 62 valence electrons. The van der Waals surface area contributed by atoms with Crippen molar-refractivity contribution in [3.8, 4) is 0 Å². The quantitative estimate of drug-likeness (QED) is 0.645. The van der Waals surface area contributed by atoms with Crippen LogP contribution in [-0.2, 0) is 12.1 Å². The molecule has 0 unspecified atom stereocenters. The third-order valence-corrected chi connectivity index (χ3v) is 3.34. The van der Waals surface area contributed by atoms with Crippen molar-refractivity contribution in [3.05, 3.63) is 34.3 Å². The zero-order valence-corrected chi connectivity index (χ0v) is 7.49. The maximum Gasteiger partial charge on any atom is 0.0454 e. The van der Waals surface area contributed by atoms with Crippen molar-refractivity contribution in [1.82, 2.24) is 5.32 Å². The number of nitrogens with one attached hydrogen (secondary N) is 1. The zero-order chi connectivity index (χ0) is 8.18. The molecule has 1 aliphatic heterocycles. The van der Waals surface area contributed by atoms with Crippen molar-refractivity contribution in [2.24, 2.45) is 0 Å². The molecule has 0 atom stereocenters. The Morgan fingerprint density at radius 2 is 2.17 bits per heavy atom. The number of rotatable bonds is 0. The summed E-state index contributed by atoms with van der Waals surface area (Å²) < 4.78 is 0. The molecule has 0 aromatic heterocycles. The number of hydrogen-bond acceptors (Lipinski definition) is 1. The van der Waals surface area contributed by atoms with Crippen LogP contribution < -0.4 is 5.32 Å². The molecule has 12 heavy (non-hydrogen) atoms. The molecule has 1 nitrogen and oxygen atoms in total. The van der Waals surface area contributed by atoms with Crippen LogP contribution in [0.4, 0.5) is 0 Å². The van der Waals surface area contributed by atoms with Crippen LogP contribution in [0.15, 0.2) is 18.2 Å². The molecular weight excluding hydrogens is 170 g/mol. The van der Waals surface area contributed by atoms with Gasteiger partial charge >= 0.3 is 0 Å². The Balaban J connectivity index is 2.23. The van der Waals surface area contributed by atoms with Gasteiger partial charge in [0.25, 0.3) is 0 Å².